The predicted octanol–water partition coefficient (Wildman–Crippen LogP) is 1.72. The molecule has 0 saturated carbocycles. The molecule has 0 unspecified atom stereocenters. The van der Waals surface area contributed by atoms with E-state index >= 15 is 0 Å². The van der Waals surface area contributed by atoms with E-state index in [9.17, 15) is 13.2 Å². The lowest BCUT2D eigenvalue weighted by molar-refractivity contribution is 0.0930. The minimum atomic E-state index is -3.34. The van der Waals surface area contributed by atoms with E-state index in [0.717, 1.165) is 16.5 Å². The first kappa shape index (κ1) is 16.5. The van der Waals surface area contributed by atoms with E-state index < -0.39 is 15.9 Å². The predicted molar refractivity (Wildman–Crippen MR) is 85.5 cm³/mol. The molecule has 1 heterocycles. The van der Waals surface area contributed by atoms with Gasteiger partial charge in [0, 0.05) is 18.5 Å². The van der Waals surface area contributed by atoms with E-state index in [1.807, 2.05) is 26.0 Å². The fourth-order valence-corrected chi connectivity index (χ4v) is 3.05. The van der Waals surface area contributed by atoms with Crippen molar-refractivity contribution in [3.05, 3.63) is 35.1 Å². The maximum absolute atomic E-state index is 12.0. The van der Waals surface area contributed by atoms with Gasteiger partial charge in [-0.1, -0.05) is 6.92 Å². The van der Waals surface area contributed by atoms with Crippen LogP contribution in [0.3, 0.4) is 0 Å². The fraction of sp³-hybridized carbons (Fsp3) is 0.400. The largest absolute Gasteiger partial charge is 0.451 e. The van der Waals surface area contributed by atoms with Crippen LogP contribution in [-0.2, 0) is 10.0 Å². The van der Waals surface area contributed by atoms with Gasteiger partial charge in [-0.15, -0.1) is 0 Å². The molecule has 0 aliphatic heterocycles. The zero-order valence-electron chi connectivity index (χ0n) is 12.9. The number of nitrogens with one attached hydrogen (secondary N) is 2. The average Bonchev–Trinajstić information content (AvgIpc) is 2.81. The first-order valence-electron chi connectivity index (χ1n) is 7.08. The maximum Gasteiger partial charge on any atom is 0.287 e. The van der Waals surface area contributed by atoms with E-state index in [4.69, 9.17) is 4.42 Å². The Hall–Kier alpha value is -1.86. The van der Waals surface area contributed by atoms with Gasteiger partial charge in [0.25, 0.3) is 5.91 Å². The highest BCUT2D eigenvalue weighted by Crippen LogP contribution is 2.23. The van der Waals surface area contributed by atoms with Crippen molar-refractivity contribution in [2.45, 2.75) is 20.8 Å². The van der Waals surface area contributed by atoms with E-state index in [1.165, 1.54) is 0 Å². The van der Waals surface area contributed by atoms with Crippen molar-refractivity contribution < 1.29 is 17.6 Å². The van der Waals surface area contributed by atoms with Crippen molar-refractivity contribution >= 4 is 26.9 Å². The van der Waals surface area contributed by atoms with Gasteiger partial charge in [-0.05, 0) is 43.2 Å². The van der Waals surface area contributed by atoms with Crippen molar-refractivity contribution in [1.82, 2.24) is 10.0 Å². The molecule has 7 heteroatoms. The van der Waals surface area contributed by atoms with E-state index in [1.54, 1.807) is 13.0 Å². The topological polar surface area (TPSA) is 88.4 Å². The molecule has 1 amide bonds. The fourth-order valence-electron chi connectivity index (χ4n) is 2.09. The Labute approximate surface area is 129 Å². The van der Waals surface area contributed by atoms with Gasteiger partial charge in [0.1, 0.15) is 5.58 Å². The molecule has 1 aromatic carbocycles. The highest BCUT2D eigenvalue weighted by Gasteiger charge is 2.14. The van der Waals surface area contributed by atoms with Gasteiger partial charge in [-0.3, -0.25) is 4.79 Å². The highest BCUT2D eigenvalue weighted by molar-refractivity contribution is 7.89. The molecule has 0 bridgehead atoms. The SMILES string of the molecule is CCNS(=O)(=O)CCNC(=O)c1cc2cc(C)c(C)cc2o1. The summed E-state index contributed by atoms with van der Waals surface area (Å²) in [6, 6.07) is 5.51. The summed E-state index contributed by atoms with van der Waals surface area (Å²) in [5.41, 5.74) is 2.86. The van der Waals surface area contributed by atoms with Crippen LogP contribution in [0.4, 0.5) is 0 Å². The van der Waals surface area contributed by atoms with Crippen molar-refractivity contribution in [1.29, 1.82) is 0 Å². The zero-order valence-corrected chi connectivity index (χ0v) is 13.7. The van der Waals surface area contributed by atoms with Crippen LogP contribution < -0.4 is 10.0 Å². The molecule has 2 aromatic rings. The van der Waals surface area contributed by atoms with Gasteiger partial charge in [0.05, 0.1) is 5.75 Å². The number of benzene rings is 1. The third-order valence-corrected chi connectivity index (χ3v) is 4.85. The van der Waals surface area contributed by atoms with Gasteiger partial charge in [-0.2, -0.15) is 0 Å². The molecular weight excluding hydrogens is 304 g/mol. The summed E-state index contributed by atoms with van der Waals surface area (Å²) in [6.45, 7) is 6.03. The Morgan fingerprint density at radius 2 is 1.86 bits per heavy atom. The van der Waals surface area contributed by atoms with Gasteiger partial charge >= 0.3 is 0 Å². The number of furan rings is 1. The maximum atomic E-state index is 12.0. The smallest absolute Gasteiger partial charge is 0.287 e. The lowest BCUT2D eigenvalue weighted by atomic mass is 10.1. The minimum Gasteiger partial charge on any atom is -0.451 e. The number of carbonyl (C=O) groups excluding carboxylic acids is 1. The van der Waals surface area contributed by atoms with Crippen LogP contribution in [0.25, 0.3) is 11.0 Å². The third kappa shape index (κ3) is 3.86. The molecule has 120 valence electrons. The molecule has 0 atom stereocenters. The average molecular weight is 324 g/mol. The summed E-state index contributed by atoms with van der Waals surface area (Å²) < 4.78 is 30.8. The quantitative estimate of drug-likeness (QED) is 0.847. The molecule has 2 N–H and O–H groups in total. The van der Waals surface area contributed by atoms with Gasteiger partial charge in [-0.25, -0.2) is 13.1 Å². The molecule has 22 heavy (non-hydrogen) atoms. The molecule has 2 rings (SSSR count). The molecule has 0 aliphatic rings. The lowest BCUT2D eigenvalue weighted by Crippen LogP contribution is -2.34. The van der Waals surface area contributed by atoms with Crippen molar-refractivity contribution in [3.8, 4) is 0 Å². The lowest BCUT2D eigenvalue weighted by Gasteiger charge is -2.05. The van der Waals surface area contributed by atoms with Crippen LogP contribution in [0.2, 0.25) is 0 Å². The van der Waals surface area contributed by atoms with Crippen molar-refractivity contribution in [2.24, 2.45) is 0 Å². The summed E-state index contributed by atoms with van der Waals surface area (Å²) in [5.74, 6) is -0.399. The second-order valence-corrected chi connectivity index (χ2v) is 7.08. The standard InChI is InChI=1S/C15H20N2O4S/c1-4-17-22(19,20)6-5-16-15(18)14-9-12-7-10(2)11(3)8-13(12)21-14/h7-9,17H,4-6H2,1-3H3,(H,16,18). The summed E-state index contributed by atoms with van der Waals surface area (Å²) in [7, 11) is -3.34. The van der Waals surface area contributed by atoms with E-state index in [-0.39, 0.29) is 18.1 Å². The normalized spacial score (nSPS) is 11.8. The monoisotopic (exact) mass is 324 g/mol. The Kier molecular flexibility index (Phi) is 4.87. The number of hydrogen-bond donors (Lipinski definition) is 2. The Balaban J connectivity index is 2.04. The van der Waals surface area contributed by atoms with Crippen LogP contribution in [0, 0.1) is 13.8 Å². The number of fused-ring (bicyclic) bond motifs is 1. The second kappa shape index (κ2) is 6.50. The summed E-state index contributed by atoms with van der Waals surface area (Å²) in [6.07, 6.45) is 0. The summed E-state index contributed by atoms with van der Waals surface area (Å²) in [4.78, 5) is 12.0. The van der Waals surface area contributed by atoms with Gasteiger partial charge in [0.2, 0.25) is 10.0 Å². The first-order chi connectivity index (χ1) is 10.3. The van der Waals surface area contributed by atoms with Crippen LogP contribution in [-0.4, -0.2) is 33.2 Å². The third-order valence-electron chi connectivity index (χ3n) is 3.38. The van der Waals surface area contributed by atoms with Gasteiger partial charge < -0.3 is 9.73 Å². The van der Waals surface area contributed by atoms with Crippen molar-refractivity contribution in [2.75, 3.05) is 18.8 Å². The van der Waals surface area contributed by atoms with Crippen LogP contribution >= 0.6 is 0 Å². The van der Waals surface area contributed by atoms with Gasteiger partial charge in [0.15, 0.2) is 5.76 Å². The molecule has 0 radical (unpaired) electrons. The number of sulfonamides is 1. The van der Waals surface area contributed by atoms with Crippen LogP contribution in [0.15, 0.2) is 22.6 Å². The molecule has 1 aromatic heterocycles. The second-order valence-electron chi connectivity index (χ2n) is 5.16. The zero-order chi connectivity index (χ0) is 16.3. The number of rotatable bonds is 6. The molecule has 0 aliphatic carbocycles. The van der Waals surface area contributed by atoms with Crippen LogP contribution in [0.5, 0.6) is 0 Å². The Morgan fingerprint density at radius 3 is 2.55 bits per heavy atom. The number of amides is 1. The number of aryl methyl sites for hydroxylation is 2. The molecule has 0 saturated heterocycles. The number of hydrogen-bond acceptors (Lipinski definition) is 4. The minimum absolute atomic E-state index is 0.0310. The molecular formula is C15H20N2O4S. The van der Waals surface area contributed by atoms with Crippen molar-refractivity contribution in [3.63, 3.8) is 0 Å². The highest BCUT2D eigenvalue weighted by atomic mass is 32.2. The Bertz CT molecular complexity index is 754. The Morgan fingerprint density at radius 1 is 1.18 bits per heavy atom. The first-order valence-corrected chi connectivity index (χ1v) is 8.74. The molecule has 0 spiro atoms. The van der Waals surface area contributed by atoms with E-state index in [0.29, 0.717) is 12.1 Å². The summed E-state index contributed by atoms with van der Waals surface area (Å²) in [5, 5.41) is 3.41. The number of carbonyl (C=O) groups is 1. The van der Waals surface area contributed by atoms with Crippen LogP contribution in [0.1, 0.15) is 28.6 Å². The van der Waals surface area contributed by atoms with E-state index in [2.05, 4.69) is 10.0 Å². The molecule has 6 nitrogen and oxygen atoms in total. The summed E-state index contributed by atoms with van der Waals surface area (Å²) >= 11 is 0. The molecule has 0 fully saturated rings.